The zero-order valence-corrected chi connectivity index (χ0v) is 18.6. The van der Waals surface area contributed by atoms with Crippen LogP contribution in [0.15, 0.2) is 91.0 Å². The Bertz CT molecular complexity index is 1330. The van der Waals surface area contributed by atoms with Crippen LogP contribution in [-0.4, -0.2) is 29.7 Å². The standard InChI is InChI=1S/C29H25NO4/c30-26(16-27(31)32)28(24-15-7-9-18-8-1-2-10-19(18)24)29(33)34-17-25-22-13-5-3-11-20(22)21-12-4-6-14-23(21)25/h1-15,25-26,28H,16-17,30H2,(H,31,32)/t26-,28-/m1/s1. The molecule has 3 N–H and O–H groups in total. The lowest BCUT2D eigenvalue weighted by atomic mass is 9.86. The summed E-state index contributed by atoms with van der Waals surface area (Å²) in [4.78, 5) is 24.9. The third kappa shape index (κ3) is 3.95. The zero-order valence-electron chi connectivity index (χ0n) is 18.6. The fraction of sp³-hybridized carbons (Fsp3) is 0.172. The molecule has 0 saturated carbocycles. The number of carboxylic acids is 1. The second-order valence-electron chi connectivity index (χ2n) is 8.66. The lowest BCUT2D eigenvalue weighted by molar-refractivity contribution is -0.146. The maximum atomic E-state index is 13.5. The number of esters is 1. The average Bonchev–Trinajstić information content (AvgIpc) is 3.16. The van der Waals surface area contributed by atoms with Gasteiger partial charge in [-0.3, -0.25) is 9.59 Å². The summed E-state index contributed by atoms with van der Waals surface area (Å²) in [5.74, 6) is -2.54. The number of carbonyl (C=O) groups excluding carboxylic acids is 1. The molecule has 0 radical (unpaired) electrons. The van der Waals surface area contributed by atoms with E-state index < -0.39 is 23.9 Å². The molecule has 0 amide bonds. The summed E-state index contributed by atoms with van der Waals surface area (Å²) in [5, 5.41) is 11.2. The topological polar surface area (TPSA) is 89.6 Å². The van der Waals surface area contributed by atoms with Gasteiger partial charge in [-0.2, -0.15) is 0 Å². The van der Waals surface area contributed by atoms with Gasteiger partial charge in [-0.05, 0) is 38.6 Å². The highest BCUT2D eigenvalue weighted by Gasteiger charge is 2.34. The molecular weight excluding hydrogens is 426 g/mol. The maximum Gasteiger partial charge on any atom is 0.315 e. The predicted octanol–water partition coefficient (Wildman–Crippen LogP) is 5.08. The average molecular weight is 452 g/mol. The smallest absolute Gasteiger partial charge is 0.315 e. The molecule has 2 atom stereocenters. The van der Waals surface area contributed by atoms with Gasteiger partial charge in [0.15, 0.2) is 0 Å². The van der Waals surface area contributed by atoms with Gasteiger partial charge in [-0.1, -0.05) is 91.0 Å². The summed E-state index contributed by atoms with van der Waals surface area (Å²) in [5.41, 5.74) is 11.5. The number of carbonyl (C=O) groups is 2. The number of hydrogen-bond acceptors (Lipinski definition) is 4. The SMILES string of the molecule is N[C@H](CC(=O)O)[C@H](C(=O)OCC1c2ccccc2-c2ccccc21)c1cccc2ccccc12. The third-order valence-electron chi connectivity index (χ3n) is 6.61. The number of carboxylic acid groups (broad SMARTS) is 1. The number of fused-ring (bicyclic) bond motifs is 4. The van der Waals surface area contributed by atoms with Gasteiger partial charge in [-0.15, -0.1) is 0 Å². The number of hydrogen-bond donors (Lipinski definition) is 2. The second kappa shape index (κ2) is 9.12. The van der Waals surface area contributed by atoms with Crippen molar-refractivity contribution in [2.24, 2.45) is 5.73 Å². The van der Waals surface area contributed by atoms with Gasteiger partial charge < -0.3 is 15.6 Å². The van der Waals surface area contributed by atoms with E-state index in [1.54, 1.807) is 0 Å². The van der Waals surface area contributed by atoms with E-state index >= 15 is 0 Å². The highest BCUT2D eigenvalue weighted by molar-refractivity contribution is 5.92. The molecule has 0 spiro atoms. The second-order valence-corrected chi connectivity index (χ2v) is 8.66. The van der Waals surface area contributed by atoms with E-state index in [4.69, 9.17) is 10.5 Å². The molecule has 4 aromatic rings. The Balaban J connectivity index is 1.47. The molecule has 5 heteroatoms. The van der Waals surface area contributed by atoms with E-state index in [2.05, 4.69) is 24.3 Å². The molecule has 0 unspecified atom stereocenters. The van der Waals surface area contributed by atoms with Crippen LogP contribution in [0.5, 0.6) is 0 Å². The van der Waals surface area contributed by atoms with E-state index in [9.17, 15) is 14.7 Å². The Hall–Kier alpha value is -3.96. The molecule has 0 aromatic heterocycles. The molecule has 34 heavy (non-hydrogen) atoms. The minimum atomic E-state index is -1.05. The van der Waals surface area contributed by atoms with Crippen LogP contribution in [0.25, 0.3) is 21.9 Å². The normalized spacial score (nSPS) is 14.3. The predicted molar refractivity (Wildman–Crippen MR) is 132 cm³/mol. The summed E-state index contributed by atoms with van der Waals surface area (Å²) in [7, 11) is 0. The molecule has 1 aliphatic carbocycles. The lowest BCUT2D eigenvalue weighted by Gasteiger charge is -2.24. The molecule has 0 heterocycles. The van der Waals surface area contributed by atoms with Crippen molar-refractivity contribution in [3.63, 3.8) is 0 Å². The number of benzene rings is 4. The van der Waals surface area contributed by atoms with Gasteiger partial charge in [0.2, 0.25) is 0 Å². The number of ether oxygens (including phenoxy) is 1. The van der Waals surface area contributed by atoms with Crippen molar-refractivity contribution >= 4 is 22.7 Å². The van der Waals surface area contributed by atoms with Gasteiger partial charge >= 0.3 is 11.9 Å². The van der Waals surface area contributed by atoms with Gasteiger partial charge in [0.05, 0.1) is 12.3 Å². The molecule has 5 rings (SSSR count). The molecular formula is C29H25NO4. The van der Waals surface area contributed by atoms with Crippen LogP contribution >= 0.6 is 0 Å². The Morgan fingerprint density at radius 3 is 2.09 bits per heavy atom. The Kier molecular flexibility index (Phi) is 5.86. The van der Waals surface area contributed by atoms with Crippen molar-refractivity contribution < 1.29 is 19.4 Å². The van der Waals surface area contributed by atoms with E-state index in [1.807, 2.05) is 66.7 Å². The van der Waals surface area contributed by atoms with E-state index in [0.717, 1.165) is 33.0 Å². The van der Waals surface area contributed by atoms with Gasteiger partial charge in [0.1, 0.15) is 6.61 Å². The Morgan fingerprint density at radius 2 is 1.41 bits per heavy atom. The number of aliphatic carboxylic acids is 1. The lowest BCUT2D eigenvalue weighted by Crippen LogP contribution is -2.37. The fourth-order valence-electron chi connectivity index (χ4n) is 5.07. The summed E-state index contributed by atoms with van der Waals surface area (Å²) in [6.45, 7) is 0.161. The summed E-state index contributed by atoms with van der Waals surface area (Å²) in [6, 6.07) is 28.7. The first kappa shape index (κ1) is 21.9. The van der Waals surface area contributed by atoms with Crippen molar-refractivity contribution in [1.29, 1.82) is 0 Å². The molecule has 1 aliphatic rings. The van der Waals surface area contributed by atoms with E-state index in [0.29, 0.717) is 5.56 Å². The molecule has 0 fully saturated rings. The van der Waals surface area contributed by atoms with Crippen molar-refractivity contribution in [2.75, 3.05) is 6.61 Å². The van der Waals surface area contributed by atoms with Crippen LogP contribution in [-0.2, 0) is 14.3 Å². The Labute approximate surface area is 197 Å². The first-order valence-corrected chi connectivity index (χ1v) is 11.3. The van der Waals surface area contributed by atoms with Crippen LogP contribution in [0.3, 0.4) is 0 Å². The molecule has 5 nitrogen and oxygen atoms in total. The molecule has 0 bridgehead atoms. The summed E-state index contributed by atoms with van der Waals surface area (Å²) < 4.78 is 5.90. The minimum absolute atomic E-state index is 0.0831. The zero-order chi connectivity index (χ0) is 23.7. The van der Waals surface area contributed by atoms with Crippen LogP contribution in [0.1, 0.15) is 34.9 Å². The number of nitrogens with two attached hydrogens (primary N) is 1. The van der Waals surface area contributed by atoms with E-state index in [1.165, 1.54) is 0 Å². The highest BCUT2D eigenvalue weighted by atomic mass is 16.5. The first-order valence-electron chi connectivity index (χ1n) is 11.3. The third-order valence-corrected chi connectivity index (χ3v) is 6.61. The first-order chi connectivity index (χ1) is 16.5. The Morgan fingerprint density at radius 1 is 0.824 bits per heavy atom. The van der Waals surface area contributed by atoms with Crippen molar-refractivity contribution in [3.8, 4) is 11.1 Å². The fourth-order valence-corrected chi connectivity index (χ4v) is 5.07. The van der Waals surface area contributed by atoms with Crippen molar-refractivity contribution in [3.05, 3.63) is 108 Å². The molecule has 0 saturated heterocycles. The summed E-state index contributed by atoms with van der Waals surface area (Å²) >= 11 is 0. The molecule has 4 aromatic carbocycles. The van der Waals surface area contributed by atoms with Crippen LogP contribution in [0, 0.1) is 0 Å². The molecule has 170 valence electrons. The van der Waals surface area contributed by atoms with Gasteiger partial charge in [0.25, 0.3) is 0 Å². The minimum Gasteiger partial charge on any atom is -0.481 e. The van der Waals surface area contributed by atoms with Gasteiger partial charge in [0, 0.05) is 12.0 Å². The largest absolute Gasteiger partial charge is 0.481 e. The van der Waals surface area contributed by atoms with E-state index in [-0.39, 0.29) is 18.9 Å². The number of rotatable bonds is 7. The quantitative estimate of drug-likeness (QED) is 0.383. The maximum absolute atomic E-state index is 13.5. The summed E-state index contributed by atoms with van der Waals surface area (Å²) in [6.07, 6.45) is -0.335. The molecule has 0 aliphatic heterocycles. The van der Waals surface area contributed by atoms with Gasteiger partial charge in [-0.25, -0.2) is 0 Å². The van der Waals surface area contributed by atoms with Crippen LogP contribution in [0.4, 0.5) is 0 Å². The van der Waals surface area contributed by atoms with Crippen LogP contribution in [0.2, 0.25) is 0 Å². The highest BCUT2D eigenvalue weighted by Crippen LogP contribution is 2.44. The van der Waals surface area contributed by atoms with Crippen LogP contribution < -0.4 is 5.73 Å². The van der Waals surface area contributed by atoms with Crippen molar-refractivity contribution in [2.45, 2.75) is 24.3 Å². The van der Waals surface area contributed by atoms with Crippen molar-refractivity contribution in [1.82, 2.24) is 0 Å². The monoisotopic (exact) mass is 451 g/mol.